The number of carboxylic acids is 3. The number of amides is 2. The van der Waals surface area contributed by atoms with Crippen molar-refractivity contribution >= 4 is 29.9 Å². The molecule has 2 amide bonds. The van der Waals surface area contributed by atoms with Crippen LogP contribution in [0.2, 0.25) is 0 Å². The minimum atomic E-state index is -1.33. The Bertz CT molecular complexity index is 585. The molecule has 0 aliphatic rings. The van der Waals surface area contributed by atoms with Gasteiger partial charge in [0.05, 0.1) is 66.0 Å². The smallest absolute Gasteiger partial charge is 0.406 e. The van der Waals surface area contributed by atoms with E-state index >= 15 is 0 Å². The average Bonchev–Trinajstić information content (AvgIpc) is 2.74. The number of carbonyl (C=O) groups excluding carboxylic acids is 2. The number of ether oxygens (including phenoxy) is 4. The Balaban J connectivity index is 5.13. The zero-order valence-electron chi connectivity index (χ0n) is 18.5. The van der Waals surface area contributed by atoms with Crippen LogP contribution in [-0.4, -0.2) is 104 Å². The summed E-state index contributed by atoms with van der Waals surface area (Å²) in [5.41, 5.74) is -1.33. The third kappa shape index (κ3) is 17.3. The molecule has 0 aromatic rings. The van der Waals surface area contributed by atoms with E-state index in [4.69, 9.17) is 29.5 Å². The van der Waals surface area contributed by atoms with Crippen LogP contribution < -0.4 is 10.6 Å². The van der Waals surface area contributed by atoms with E-state index in [1.807, 2.05) is 0 Å². The molecule has 0 unspecified atom stereocenters. The second kappa shape index (κ2) is 17.6. The number of hydrogen-bond acceptors (Lipinski definition) is 9. The Morgan fingerprint density at radius 2 is 1.15 bits per heavy atom. The summed E-state index contributed by atoms with van der Waals surface area (Å²) in [5, 5.41) is 31.4. The van der Waals surface area contributed by atoms with Crippen LogP contribution in [0, 0.1) is 0 Å². The summed E-state index contributed by atoms with van der Waals surface area (Å²) in [4.78, 5) is 55.7. The molecular weight excluding hydrogens is 448 g/mol. The molecular formula is C19H32N2O12. The lowest BCUT2D eigenvalue weighted by Gasteiger charge is -2.34. The molecule has 0 aromatic carbocycles. The normalized spacial score (nSPS) is 10.9. The third-order valence-corrected chi connectivity index (χ3v) is 3.96. The van der Waals surface area contributed by atoms with Crippen molar-refractivity contribution in [3.8, 4) is 0 Å². The van der Waals surface area contributed by atoms with Gasteiger partial charge in [0.15, 0.2) is 0 Å². The maximum Gasteiger partial charge on any atom is 0.406 e. The second-order valence-corrected chi connectivity index (χ2v) is 6.94. The zero-order valence-corrected chi connectivity index (χ0v) is 18.5. The number of rotatable bonds is 20. The molecule has 0 rings (SSSR count). The number of nitrogens with one attached hydrogen (secondary N) is 2. The van der Waals surface area contributed by atoms with Crippen LogP contribution >= 0.6 is 0 Å². The van der Waals surface area contributed by atoms with Crippen LogP contribution in [0.15, 0.2) is 0 Å². The zero-order chi connectivity index (χ0) is 25.1. The molecule has 190 valence electrons. The number of alkyl carbamates (subject to hydrolysis) is 1. The highest BCUT2D eigenvalue weighted by Crippen LogP contribution is 2.11. The van der Waals surface area contributed by atoms with Gasteiger partial charge in [-0.1, -0.05) is 0 Å². The quantitative estimate of drug-likeness (QED) is 0.139. The van der Waals surface area contributed by atoms with Gasteiger partial charge in [0.25, 0.3) is 0 Å². The van der Waals surface area contributed by atoms with Gasteiger partial charge in [0, 0.05) is 13.0 Å². The molecule has 0 fully saturated rings. The number of carbonyl (C=O) groups is 5. The van der Waals surface area contributed by atoms with E-state index < -0.39 is 35.4 Å². The van der Waals surface area contributed by atoms with Crippen molar-refractivity contribution in [2.75, 3.05) is 53.3 Å². The molecule has 0 aliphatic carbocycles. The SMILES string of the molecule is COC(=O)NCCCC(=O)NC(COCCC(=O)O)(COCCC(=O)O)COCCC(=O)O. The summed E-state index contributed by atoms with van der Waals surface area (Å²) in [6.07, 6.45) is -1.24. The monoisotopic (exact) mass is 480 g/mol. The first kappa shape index (κ1) is 30.0. The van der Waals surface area contributed by atoms with Gasteiger partial charge in [0.2, 0.25) is 5.91 Å². The summed E-state index contributed by atoms with van der Waals surface area (Å²) < 4.78 is 20.6. The molecule has 0 saturated heterocycles. The minimum Gasteiger partial charge on any atom is -0.481 e. The topological polar surface area (TPSA) is 207 Å². The number of carboxylic acid groups (broad SMARTS) is 3. The molecule has 0 radical (unpaired) electrons. The Hall–Kier alpha value is -2.97. The van der Waals surface area contributed by atoms with Crippen LogP contribution in [0.1, 0.15) is 32.1 Å². The van der Waals surface area contributed by atoms with Gasteiger partial charge in [-0.05, 0) is 6.42 Å². The molecule has 14 nitrogen and oxygen atoms in total. The fourth-order valence-corrected chi connectivity index (χ4v) is 2.38. The van der Waals surface area contributed by atoms with Gasteiger partial charge in [-0.2, -0.15) is 0 Å². The Kier molecular flexibility index (Phi) is 16.0. The molecule has 5 N–H and O–H groups in total. The van der Waals surface area contributed by atoms with Crippen molar-refractivity contribution in [3.05, 3.63) is 0 Å². The summed E-state index contributed by atoms with van der Waals surface area (Å²) >= 11 is 0. The van der Waals surface area contributed by atoms with Gasteiger partial charge >= 0.3 is 24.0 Å². The van der Waals surface area contributed by atoms with Crippen molar-refractivity contribution in [1.29, 1.82) is 0 Å². The van der Waals surface area contributed by atoms with Crippen LogP contribution in [0.25, 0.3) is 0 Å². The van der Waals surface area contributed by atoms with Crippen molar-refractivity contribution in [2.45, 2.75) is 37.6 Å². The maximum absolute atomic E-state index is 12.5. The van der Waals surface area contributed by atoms with Gasteiger partial charge in [-0.3, -0.25) is 19.2 Å². The van der Waals surface area contributed by atoms with Crippen molar-refractivity contribution < 1.29 is 58.2 Å². The van der Waals surface area contributed by atoms with Crippen LogP contribution in [0.5, 0.6) is 0 Å². The van der Waals surface area contributed by atoms with Gasteiger partial charge in [0.1, 0.15) is 5.54 Å². The van der Waals surface area contributed by atoms with Crippen LogP contribution in [-0.2, 0) is 38.1 Å². The predicted molar refractivity (Wildman–Crippen MR) is 110 cm³/mol. The van der Waals surface area contributed by atoms with E-state index in [0.29, 0.717) is 0 Å². The first-order chi connectivity index (χ1) is 15.6. The molecule has 0 saturated carbocycles. The van der Waals surface area contributed by atoms with Gasteiger partial charge < -0.3 is 44.9 Å². The highest BCUT2D eigenvalue weighted by Gasteiger charge is 2.34. The van der Waals surface area contributed by atoms with E-state index in [0.717, 1.165) is 0 Å². The summed E-state index contributed by atoms with van der Waals surface area (Å²) in [7, 11) is 1.20. The van der Waals surface area contributed by atoms with Crippen LogP contribution in [0.4, 0.5) is 4.79 Å². The minimum absolute atomic E-state index is 0.00881. The molecule has 14 heteroatoms. The molecule has 0 atom stereocenters. The van der Waals surface area contributed by atoms with E-state index in [1.54, 1.807) is 0 Å². The predicted octanol–water partition coefficient (Wildman–Crippen LogP) is -0.548. The fourth-order valence-electron chi connectivity index (χ4n) is 2.38. The lowest BCUT2D eigenvalue weighted by atomic mass is 10.0. The lowest BCUT2D eigenvalue weighted by molar-refractivity contribution is -0.140. The molecule has 0 bridgehead atoms. The number of aliphatic carboxylic acids is 3. The van der Waals surface area contributed by atoms with Crippen LogP contribution in [0.3, 0.4) is 0 Å². The highest BCUT2D eigenvalue weighted by molar-refractivity contribution is 5.77. The van der Waals surface area contributed by atoms with E-state index in [9.17, 15) is 24.0 Å². The molecule has 0 spiro atoms. The largest absolute Gasteiger partial charge is 0.481 e. The summed E-state index contributed by atoms with van der Waals surface area (Å²) in [6, 6.07) is 0. The Labute approximate surface area is 190 Å². The highest BCUT2D eigenvalue weighted by atomic mass is 16.5. The summed E-state index contributed by atoms with van der Waals surface area (Å²) in [6.45, 7) is -1.01. The second-order valence-electron chi connectivity index (χ2n) is 6.94. The first-order valence-corrected chi connectivity index (χ1v) is 10.1. The maximum atomic E-state index is 12.5. The van der Waals surface area contributed by atoms with E-state index in [-0.39, 0.29) is 78.3 Å². The van der Waals surface area contributed by atoms with E-state index in [1.165, 1.54) is 7.11 Å². The van der Waals surface area contributed by atoms with Crippen molar-refractivity contribution in [2.24, 2.45) is 0 Å². The fraction of sp³-hybridized carbons (Fsp3) is 0.737. The number of hydrogen-bond donors (Lipinski definition) is 5. The van der Waals surface area contributed by atoms with Crippen molar-refractivity contribution in [1.82, 2.24) is 10.6 Å². The standard InChI is InChI=1S/C19H32N2O12/c1-30-18(29)20-7-2-3-14(22)21-19(11-31-8-4-15(23)24,12-32-9-5-16(25)26)13-33-10-6-17(27)28/h2-13H2,1H3,(H,20,29)(H,21,22)(H,23,24)(H,25,26)(H,27,28). The van der Waals surface area contributed by atoms with Gasteiger partial charge in [-0.15, -0.1) is 0 Å². The molecule has 0 heterocycles. The number of methoxy groups -OCH3 is 1. The third-order valence-electron chi connectivity index (χ3n) is 3.96. The van der Waals surface area contributed by atoms with E-state index in [2.05, 4.69) is 15.4 Å². The Morgan fingerprint density at radius 3 is 1.52 bits per heavy atom. The van der Waals surface area contributed by atoms with Gasteiger partial charge in [-0.25, -0.2) is 4.79 Å². The lowest BCUT2D eigenvalue weighted by Crippen LogP contribution is -2.58. The average molecular weight is 480 g/mol. The van der Waals surface area contributed by atoms with Crippen molar-refractivity contribution in [3.63, 3.8) is 0 Å². The Morgan fingerprint density at radius 1 is 0.727 bits per heavy atom. The molecule has 0 aromatic heterocycles. The molecule has 0 aliphatic heterocycles. The first-order valence-electron chi connectivity index (χ1n) is 10.1. The summed E-state index contributed by atoms with van der Waals surface area (Å²) in [5.74, 6) is -3.72. The molecule has 33 heavy (non-hydrogen) atoms.